The summed E-state index contributed by atoms with van der Waals surface area (Å²) in [7, 11) is -4.04. The van der Waals surface area contributed by atoms with Gasteiger partial charge in [0.25, 0.3) is 5.91 Å². The molecule has 2 aliphatic heterocycles. The second-order valence-electron chi connectivity index (χ2n) is 9.32. The maximum Gasteiger partial charge on any atom is 0.573 e. The second-order valence-corrected chi connectivity index (χ2v) is 11.8. The number of carbonyl (C=O) groups is 1. The fourth-order valence-electron chi connectivity index (χ4n) is 4.26. The Balaban J connectivity index is 1.28. The SMILES string of the molecule is O=C(NS(=O)(=O)N1CCC1)c1cc(Cl)c(OCC2CCN(Cc3cc(Cl)cc(OC(F)(F)F)c3)CC2)cc1F. The third-order valence-electron chi connectivity index (χ3n) is 6.40. The summed E-state index contributed by atoms with van der Waals surface area (Å²) in [4.78, 5) is 14.4. The lowest BCUT2D eigenvalue weighted by Crippen LogP contribution is -2.49. The van der Waals surface area contributed by atoms with Gasteiger partial charge in [-0.2, -0.15) is 12.7 Å². The molecular weight excluding hydrogens is 589 g/mol. The summed E-state index contributed by atoms with van der Waals surface area (Å²) in [5.41, 5.74) is 0.0649. The van der Waals surface area contributed by atoms with Gasteiger partial charge in [0, 0.05) is 30.7 Å². The Bertz CT molecular complexity index is 1320. The number of amides is 1. The first-order chi connectivity index (χ1) is 18.3. The van der Waals surface area contributed by atoms with Crippen LogP contribution in [0.5, 0.6) is 11.5 Å². The number of benzene rings is 2. The molecular formula is C24H25Cl2F4N3O5S. The van der Waals surface area contributed by atoms with Gasteiger partial charge >= 0.3 is 16.6 Å². The van der Waals surface area contributed by atoms with E-state index in [0.29, 0.717) is 44.5 Å². The highest BCUT2D eigenvalue weighted by Crippen LogP contribution is 2.31. The summed E-state index contributed by atoms with van der Waals surface area (Å²) in [5, 5.41) is 0.0959. The summed E-state index contributed by atoms with van der Waals surface area (Å²) >= 11 is 12.1. The van der Waals surface area contributed by atoms with Crippen molar-refractivity contribution in [1.29, 1.82) is 0 Å². The van der Waals surface area contributed by atoms with Crippen LogP contribution in [-0.2, 0) is 16.8 Å². The summed E-state index contributed by atoms with van der Waals surface area (Å²) in [6, 6.07) is 5.96. The predicted octanol–water partition coefficient (Wildman–Crippen LogP) is 5.00. The number of nitrogens with zero attached hydrogens (tertiary/aromatic N) is 2. The number of piperidine rings is 1. The first-order valence-corrected chi connectivity index (χ1v) is 14.2. The van der Waals surface area contributed by atoms with E-state index in [4.69, 9.17) is 27.9 Å². The van der Waals surface area contributed by atoms with Crippen molar-refractivity contribution in [3.8, 4) is 11.5 Å². The standard InChI is InChI=1S/C24H25Cl2F4N3O5S/c25-17-8-16(9-18(10-17)38-24(28,29)30)13-32-6-2-15(3-7-32)14-37-22-12-21(27)19(11-20(22)26)23(34)31-39(35,36)33-4-1-5-33/h8-12,15H,1-7,13-14H2,(H,31,34). The molecule has 15 heteroatoms. The van der Waals surface area contributed by atoms with Crippen molar-refractivity contribution >= 4 is 39.3 Å². The number of carbonyl (C=O) groups excluding carboxylic acids is 1. The summed E-state index contributed by atoms with van der Waals surface area (Å²) < 4.78 is 89.0. The Hall–Kier alpha value is -2.32. The molecule has 2 aromatic carbocycles. The molecule has 2 heterocycles. The molecule has 0 aliphatic carbocycles. The van der Waals surface area contributed by atoms with Gasteiger partial charge in [-0.3, -0.25) is 9.69 Å². The zero-order chi connectivity index (χ0) is 28.4. The number of hydrogen-bond acceptors (Lipinski definition) is 6. The lowest BCUT2D eigenvalue weighted by Gasteiger charge is -2.32. The van der Waals surface area contributed by atoms with Crippen LogP contribution in [0.15, 0.2) is 30.3 Å². The quantitative estimate of drug-likeness (QED) is 0.400. The Morgan fingerprint density at radius 3 is 2.36 bits per heavy atom. The van der Waals surface area contributed by atoms with E-state index >= 15 is 0 Å². The van der Waals surface area contributed by atoms with Crippen LogP contribution in [0, 0.1) is 11.7 Å². The smallest absolute Gasteiger partial charge is 0.492 e. The maximum absolute atomic E-state index is 14.6. The van der Waals surface area contributed by atoms with Crippen LogP contribution in [0.4, 0.5) is 17.6 Å². The molecule has 0 unspecified atom stereocenters. The van der Waals surface area contributed by atoms with E-state index in [9.17, 15) is 30.8 Å². The Morgan fingerprint density at radius 2 is 1.74 bits per heavy atom. The van der Waals surface area contributed by atoms with Gasteiger partial charge in [0.2, 0.25) is 0 Å². The number of ether oxygens (including phenoxy) is 2. The molecule has 39 heavy (non-hydrogen) atoms. The predicted molar refractivity (Wildman–Crippen MR) is 136 cm³/mol. The minimum atomic E-state index is -4.81. The summed E-state index contributed by atoms with van der Waals surface area (Å²) in [6.07, 6.45) is -2.71. The van der Waals surface area contributed by atoms with Gasteiger partial charge in [0.05, 0.1) is 17.2 Å². The third kappa shape index (κ3) is 8.10. The van der Waals surface area contributed by atoms with Crippen LogP contribution in [0.25, 0.3) is 0 Å². The highest BCUT2D eigenvalue weighted by molar-refractivity contribution is 7.87. The minimum absolute atomic E-state index is 0.0230. The van der Waals surface area contributed by atoms with Crippen molar-refractivity contribution in [3.05, 3.63) is 57.3 Å². The average molecular weight is 614 g/mol. The number of rotatable bonds is 9. The van der Waals surface area contributed by atoms with Gasteiger partial charge in [-0.25, -0.2) is 9.11 Å². The van der Waals surface area contributed by atoms with Gasteiger partial charge in [0.1, 0.15) is 17.3 Å². The first-order valence-electron chi connectivity index (χ1n) is 12.0. The molecule has 0 aromatic heterocycles. The van der Waals surface area contributed by atoms with Crippen LogP contribution in [0.2, 0.25) is 10.0 Å². The molecule has 0 bridgehead atoms. The molecule has 1 N–H and O–H groups in total. The van der Waals surface area contributed by atoms with Crippen molar-refractivity contribution in [2.45, 2.75) is 32.2 Å². The Kier molecular flexibility index (Phi) is 9.16. The van der Waals surface area contributed by atoms with E-state index in [1.165, 1.54) is 6.07 Å². The van der Waals surface area contributed by atoms with E-state index in [1.807, 2.05) is 4.72 Å². The number of nitrogens with one attached hydrogen (secondary N) is 1. The molecule has 4 rings (SSSR count). The van der Waals surface area contributed by atoms with Crippen molar-refractivity contribution in [1.82, 2.24) is 13.9 Å². The molecule has 0 spiro atoms. The van der Waals surface area contributed by atoms with Gasteiger partial charge in [-0.1, -0.05) is 23.2 Å². The molecule has 0 radical (unpaired) electrons. The molecule has 1 amide bonds. The second kappa shape index (κ2) is 12.0. The van der Waals surface area contributed by atoms with Crippen LogP contribution < -0.4 is 14.2 Å². The van der Waals surface area contributed by atoms with Crippen LogP contribution in [0.1, 0.15) is 35.2 Å². The third-order valence-corrected chi connectivity index (χ3v) is 8.40. The van der Waals surface area contributed by atoms with Gasteiger partial charge < -0.3 is 9.47 Å². The van der Waals surface area contributed by atoms with Crippen molar-refractivity contribution < 1.29 is 40.2 Å². The van der Waals surface area contributed by atoms with Crippen LogP contribution in [0.3, 0.4) is 0 Å². The molecule has 2 saturated heterocycles. The average Bonchev–Trinajstić information content (AvgIpc) is 2.76. The van der Waals surface area contributed by atoms with E-state index in [0.717, 1.165) is 22.5 Å². The zero-order valence-electron chi connectivity index (χ0n) is 20.4. The lowest BCUT2D eigenvalue weighted by molar-refractivity contribution is -0.274. The Labute approximate surface area is 232 Å². The minimum Gasteiger partial charge on any atom is -0.492 e. The molecule has 8 nitrogen and oxygen atoms in total. The molecule has 0 atom stereocenters. The fourth-order valence-corrected chi connectivity index (χ4v) is 5.94. The molecule has 2 fully saturated rings. The van der Waals surface area contributed by atoms with Gasteiger partial charge in [-0.15, -0.1) is 13.2 Å². The highest BCUT2D eigenvalue weighted by atomic mass is 35.5. The van der Waals surface area contributed by atoms with Gasteiger partial charge in [0.15, 0.2) is 0 Å². The van der Waals surface area contributed by atoms with E-state index in [2.05, 4.69) is 9.64 Å². The monoisotopic (exact) mass is 613 g/mol. The topological polar surface area (TPSA) is 88.2 Å². The molecule has 2 aromatic rings. The molecule has 0 saturated carbocycles. The highest BCUT2D eigenvalue weighted by Gasteiger charge is 2.32. The normalized spacial score (nSPS) is 17.5. The van der Waals surface area contributed by atoms with E-state index in [-0.39, 0.29) is 47.2 Å². The number of halogens is 6. The lowest BCUT2D eigenvalue weighted by atomic mass is 9.97. The van der Waals surface area contributed by atoms with Crippen molar-refractivity contribution in [2.75, 3.05) is 32.8 Å². The van der Waals surface area contributed by atoms with E-state index in [1.54, 1.807) is 6.07 Å². The van der Waals surface area contributed by atoms with Gasteiger partial charge in [-0.05, 0) is 68.1 Å². The molecule has 214 valence electrons. The number of likely N-dealkylation sites (tertiary alicyclic amines) is 1. The molecule has 2 aliphatic rings. The fraction of sp³-hybridized carbons (Fsp3) is 0.458. The van der Waals surface area contributed by atoms with Crippen LogP contribution in [-0.4, -0.2) is 62.7 Å². The zero-order valence-corrected chi connectivity index (χ0v) is 22.8. The summed E-state index contributed by atoms with van der Waals surface area (Å²) in [6.45, 7) is 2.47. The maximum atomic E-state index is 14.6. The Morgan fingerprint density at radius 1 is 1.05 bits per heavy atom. The van der Waals surface area contributed by atoms with Crippen molar-refractivity contribution in [2.24, 2.45) is 5.92 Å². The number of alkyl halides is 3. The largest absolute Gasteiger partial charge is 0.573 e. The first kappa shape index (κ1) is 29.7. The van der Waals surface area contributed by atoms with Crippen LogP contribution >= 0.6 is 23.2 Å². The number of hydrogen-bond donors (Lipinski definition) is 1. The van der Waals surface area contributed by atoms with Crippen molar-refractivity contribution in [3.63, 3.8) is 0 Å². The summed E-state index contributed by atoms with van der Waals surface area (Å²) in [5.74, 6) is -2.35. The van der Waals surface area contributed by atoms with E-state index < -0.39 is 33.9 Å².